The summed E-state index contributed by atoms with van der Waals surface area (Å²) >= 11 is 6.45. The lowest BCUT2D eigenvalue weighted by Gasteiger charge is -2.22. The fourth-order valence-electron chi connectivity index (χ4n) is 4.42. The van der Waals surface area contributed by atoms with E-state index in [4.69, 9.17) is 11.6 Å². The molecule has 1 aliphatic rings. The molecule has 1 aromatic heterocycles. The lowest BCUT2D eigenvalue weighted by atomic mass is 9.86. The maximum atomic E-state index is 13.1. The number of amides is 1. The Bertz CT molecular complexity index is 1350. The number of fused-ring (bicyclic) bond motifs is 1. The predicted octanol–water partition coefficient (Wildman–Crippen LogP) is 4.99. The average molecular weight is 471 g/mol. The van der Waals surface area contributed by atoms with Gasteiger partial charge in [0.1, 0.15) is 0 Å². The molecule has 0 radical (unpaired) electrons. The summed E-state index contributed by atoms with van der Waals surface area (Å²) in [7, 11) is 0. The van der Waals surface area contributed by atoms with Crippen LogP contribution in [0.5, 0.6) is 6.01 Å². The summed E-state index contributed by atoms with van der Waals surface area (Å²) in [6.07, 6.45) is 1.46. The molecule has 0 spiro atoms. The molecule has 7 heteroatoms. The highest BCUT2D eigenvalue weighted by molar-refractivity contribution is 6.33. The van der Waals surface area contributed by atoms with Gasteiger partial charge < -0.3 is 10.4 Å². The van der Waals surface area contributed by atoms with E-state index in [9.17, 15) is 9.90 Å². The molecule has 170 valence electrons. The van der Waals surface area contributed by atoms with Gasteiger partial charge in [-0.3, -0.25) is 4.79 Å². The van der Waals surface area contributed by atoms with Crippen LogP contribution in [0.4, 0.5) is 0 Å². The summed E-state index contributed by atoms with van der Waals surface area (Å²) in [6, 6.07) is 22.6. The number of carbonyl (C=O) groups excluding carboxylic acids is 1. The summed E-state index contributed by atoms with van der Waals surface area (Å²) < 4.78 is 0. The van der Waals surface area contributed by atoms with Crippen molar-refractivity contribution in [3.63, 3.8) is 0 Å². The lowest BCUT2D eigenvalue weighted by molar-refractivity contribution is -0.129. The van der Waals surface area contributed by atoms with E-state index in [-0.39, 0.29) is 17.7 Å². The standard InChI is InChI=1S/C27H23ClN4O2/c1-27(14-19-9-5-6-10-20(19)15-27)25(33)29-16-17-11-12-22(28)21(13-17)24-30-23(31-26(34)32-24)18-7-3-2-4-8-18/h2-13H,14-16H2,1H3,(H,29,33)(H,30,31,32,34). The van der Waals surface area contributed by atoms with Crippen molar-refractivity contribution >= 4 is 17.5 Å². The first-order valence-corrected chi connectivity index (χ1v) is 11.4. The number of hydrogen-bond acceptors (Lipinski definition) is 5. The van der Waals surface area contributed by atoms with Gasteiger partial charge in [-0.25, -0.2) is 4.98 Å². The molecule has 34 heavy (non-hydrogen) atoms. The zero-order valence-corrected chi connectivity index (χ0v) is 19.4. The first-order valence-electron chi connectivity index (χ1n) is 11.1. The molecule has 0 aliphatic heterocycles. The second-order valence-electron chi connectivity index (χ2n) is 8.83. The van der Waals surface area contributed by atoms with Gasteiger partial charge in [0.05, 0.1) is 10.4 Å². The van der Waals surface area contributed by atoms with Gasteiger partial charge in [-0.05, 0) is 41.7 Å². The molecule has 4 aromatic rings. The van der Waals surface area contributed by atoms with Gasteiger partial charge in [-0.2, -0.15) is 9.97 Å². The van der Waals surface area contributed by atoms with E-state index in [2.05, 4.69) is 32.4 Å². The van der Waals surface area contributed by atoms with Crippen LogP contribution in [0.2, 0.25) is 5.02 Å². The summed E-state index contributed by atoms with van der Waals surface area (Å²) in [5.74, 6) is 0.638. The van der Waals surface area contributed by atoms with Crippen LogP contribution >= 0.6 is 11.6 Å². The number of halogens is 1. The molecule has 1 amide bonds. The van der Waals surface area contributed by atoms with E-state index in [1.54, 1.807) is 6.07 Å². The molecule has 5 rings (SSSR count). The van der Waals surface area contributed by atoms with Crippen LogP contribution in [-0.2, 0) is 24.2 Å². The summed E-state index contributed by atoms with van der Waals surface area (Å²) in [4.78, 5) is 25.7. The first kappa shape index (κ1) is 22.0. The third-order valence-electron chi connectivity index (χ3n) is 6.21. The SMILES string of the molecule is CC1(C(=O)NCc2ccc(Cl)c(-c3nc(O)nc(-c4ccccc4)n3)c2)Cc2ccccc2C1. The molecule has 0 bridgehead atoms. The molecule has 0 saturated heterocycles. The van der Waals surface area contributed by atoms with Crippen LogP contribution in [0.3, 0.4) is 0 Å². The number of benzene rings is 3. The first-order chi connectivity index (χ1) is 16.4. The molecule has 0 fully saturated rings. The van der Waals surface area contributed by atoms with E-state index in [0.717, 1.165) is 24.0 Å². The van der Waals surface area contributed by atoms with Gasteiger partial charge in [0.2, 0.25) is 5.91 Å². The van der Waals surface area contributed by atoms with Crippen molar-refractivity contribution in [3.05, 3.63) is 94.5 Å². The highest BCUT2D eigenvalue weighted by Crippen LogP contribution is 2.37. The van der Waals surface area contributed by atoms with E-state index in [0.29, 0.717) is 23.0 Å². The van der Waals surface area contributed by atoms with E-state index >= 15 is 0 Å². The second kappa shape index (κ2) is 8.88. The molecule has 1 heterocycles. The molecule has 0 atom stereocenters. The zero-order chi connectivity index (χ0) is 23.7. The topological polar surface area (TPSA) is 88.0 Å². The Morgan fingerprint density at radius 3 is 2.29 bits per heavy atom. The maximum absolute atomic E-state index is 13.1. The molecule has 6 nitrogen and oxygen atoms in total. The number of nitrogens with one attached hydrogen (secondary N) is 1. The highest BCUT2D eigenvalue weighted by Gasteiger charge is 2.39. The smallest absolute Gasteiger partial charge is 0.318 e. The van der Waals surface area contributed by atoms with Gasteiger partial charge in [-0.15, -0.1) is 0 Å². The Balaban J connectivity index is 1.36. The molecule has 3 aromatic carbocycles. The van der Waals surface area contributed by atoms with Crippen molar-refractivity contribution in [1.29, 1.82) is 0 Å². The largest absolute Gasteiger partial charge is 0.479 e. The van der Waals surface area contributed by atoms with Crippen LogP contribution in [-0.4, -0.2) is 26.0 Å². The monoisotopic (exact) mass is 470 g/mol. The Morgan fingerprint density at radius 1 is 0.941 bits per heavy atom. The number of hydrogen-bond donors (Lipinski definition) is 2. The quantitative estimate of drug-likeness (QED) is 0.429. The van der Waals surface area contributed by atoms with Crippen molar-refractivity contribution in [2.75, 3.05) is 0 Å². The van der Waals surface area contributed by atoms with Crippen molar-refractivity contribution in [2.45, 2.75) is 26.3 Å². The van der Waals surface area contributed by atoms with E-state index in [1.165, 1.54) is 11.1 Å². The van der Waals surface area contributed by atoms with Crippen LogP contribution in [0.1, 0.15) is 23.6 Å². The zero-order valence-electron chi connectivity index (χ0n) is 18.6. The number of rotatable bonds is 5. The lowest BCUT2D eigenvalue weighted by Crippen LogP contribution is -2.39. The normalized spacial score (nSPS) is 13.9. The predicted molar refractivity (Wildman–Crippen MR) is 131 cm³/mol. The molecular weight excluding hydrogens is 448 g/mol. The van der Waals surface area contributed by atoms with Gasteiger partial charge in [0.15, 0.2) is 11.6 Å². The fraction of sp³-hybridized carbons (Fsp3) is 0.185. The third-order valence-corrected chi connectivity index (χ3v) is 6.54. The number of aromatic nitrogens is 3. The summed E-state index contributed by atoms with van der Waals surface area (Å²) in [5.41, 5.74) is 4.17. The summed E-state index contributed by atoms with van der Waals surface area (Å²) in [6.45, 7) is 2.35. The maximum Gasteiger partial charge on any atom is 0.318 e. The number of nitrogens with zero attached hydrogens (tertiary/aromatic N) is 3. The van der Waals surface area contributed by atoms with Crippen LogP contribution < -0.4 is 5.32 Å². The molecule has 0 unspecified atom stereocenters. The third kappa shape index (κ3) is 4.37. The van der Waals surface area contributed by atoms with Crippen LogP contribution in [0, 0.1) is 5.41 Å². The van der Waals surface area contributed by atoms with Crippen molar-refractivity contribution in [2.24, 2.45) is 5.41 Å². The molecule has 2 N–H and O–H groups in total. The second-order valence-corrected chi connectivity index (χ2v) is 9.24. The Morgan fingerprint density at radius 2 is 1.59 bits per heavy atom. The Kier molecular flexibility index (Phi) is 5.75. The van der Waals surface area contributed by atoms with Crippen molar-refractivity contribution < 1.29 is 9.90 Å². The minimum atomic E-state index is -0.469. The van der Waals surface area contributed by atoms with E-state index in [1.807, 2.05) is 61.5 Å². The van der Waals surface area contributed by atoms with E-state index < -0.39 is 5.41 Å². The Hall–Kier alpha value is -3.77. The van der Waals surface area contributed by atoms with Gasteiger partial charge in [0, 0.05) is 17.7 Å². The van der Waals surface area contributed by atoms with Crippen molar-refractivity contribution in [1.82, 2.24) is 20.3 Å². The van der Waals surface area contributed by atoms with Gasteiger partial charge in [-0.1, -0.05) is 79.2 Å². The van der Waals surface area contributed by atoms with Gasteiger partial charge >= 0.3 is 6.01 Å². The molecule has 0 saturated carbocycles. The molecule has 1 aliphatic carbocycles. The van der Waals surface area contributed by atoms with Crippen LogP contribution in [0.15, 0.2) is 72.8 Å². The number of carbonyl (C=O) groups is 1. The van der Waals surface area contributed by atoms with Crippen LogP contribution in [0.25, 0.3) is 22.8 Å². The minimum absolute atomic E-state index is 0.0179. The molecular formula is C27H23ClN4O2. The van der Waals surface area contributed by atoms with Gasteiger partial charge in [0.25, 0.3) is 0 Å². The number of aromatic hydroxyl groups is 1. The fourth-order valence-corrected chi connectivity index (χ4v) is 4.62. The average Bonchev–Trinajstić information content (AvgIpc) is 3.21. The minimum Gasteiger partial charge on any atom is -0.479 e. The Labute approximate surface area is 202 Å². The summed E-state index contributed by atoms with van der Waals surface area (Å²) in [5, 5.41) is 13.6. The highest BCUT2D eigenvalue weighted by atomic mass is 35.5. The van der Waals surface area contributed by atoms with Crippen molar-refractivity contribution in [3.8, 4) is 28.8 Å².